The van der Waals surface area contributed by atoms with Gasteiger partial charge in [-0.3, -0.25) is 4.79 Å². The molecule has 0 amide bonds. The molecule has 0 aromatic heterocycles. The first-order valence-corrected chi connectivity index (χ1v) is 4.51. The van der Waals surface area contributed by atoms with Crippen molar-refractivity contribution in [2.45, 2.75) is 33.1 Å². The summed E-state index contributed by atoms with van der Waals surface area (Å²) in [6.45, 7) is 8.48. The Bertz CT molecular complexity index is 318. The zero-order chi connectivity index (χ0) is 10.1. The Morgan fingerprint density at radius 3 is 2.23 bits per heavy atom. The number of aldehydes is 1. The van der Waals surface area contributed by atoms with E-state index in [4.69, 9.17) is 0 Å². The molecule has 1 aromatic rings. The van der Waals surface area contributed by atoms with Crippen molar-refractivity contribution in [3.05, 3.63) is 34.9 Å². The third-order valence-corrected chi connectivity index (χ3v) is 2.26. The molecule has 1 aromatic carbocycles. The summed E-state index contributed by atoms with van der Waals surface area (Å²) in [4.78, 5) is 10.6. The molecule has 0 heterocycles. The van der Waals surface area contributed by atoms with Crippen LogP contribution in [0.2, 0.25) is 0 Å². The average molecular weight is 176 g/mol. The van der Waals surface area contributed by atoms with Crippen molar-refractivity contribution >= 4 is 6.29 Å². The molecule has 0 aliphatic heterocycles. The van der Waals surface area contributed by atoms with Crippen LogP contribution in [0.4, 0.5) is 0 Å². The molecule has 0 unspecified atom stereocenters. The van der Waals surface area contributed by atoms with E-state index in [0.29, 0.717) is 0 Å². The van der Waals surface area contributed by atoms with Crippen LogP contribution in [-0.4, -0.2) is 6.29 Å². The maximum atomic E-state index is 10.6. The van der Waals surface area contributed by atoms with E-state index in [1.54, 1.807) is 0 Å². The fourth-order valence-electron chi connectivity index (χ4n) is 1.27. The van der Waals surface area contributed by atoms with Crippen LogP contribution in [-0.2, 0) is 5.41 Å². The van der Waals surface area contributed by atoms with Crippen LogP contribution in [0.3, 0.4) is 0 Å². The predicted octanol–water partition coefficient (Wildman–Crippen LogP) is 3.11. The Morgan fingerprint density at radius 1 is 1.23 bits per heavy atom. The second-order valence-electron chi connectivity index (χ2n) is 4.44. The van der Waals surface area contributed by atoms with Gasteiger partial charge in [0.05, 0.1) is 0 Å². The first-order valence-electron chi connectivity index (χ1n) is 4.51. The van der Waals surface area contributed by atoms with Gasteiger partial charge in [0.25, 0.3) is 0 Å². The maximum Gasteiger partial charge on any atom is 0.150 e. The summed E-state index contributed by atoms with van der Waals surface area (Å²) in [5, 5.41) is 0. The van der Waals surface area contributed by atoms with Crippen LogP contribution in [0.5, 0.6) is 0 Å². The number of hydrogen-bond donors (Lipinski definition) is 0. The molecule has 0 fully saturated rings. The van der Waals surface area contributed by atoms with E-state index in [1.807, 2.05) is 19.1 Å². The fraction of sp³-hybridized carbons (Fsp3) is 0.417. The van der Waals surface area contributed by atoms with E-state index < -0.39 is 0 Å². The molecule has 0 atom stereocenters. The highest BCUT2D eigenvalue weighted by molar-refractivity contribution is 5.77. The van der Waals surface area contributed by atoms with Crippen molar-refractivity contribution in [1.82, 2.24) is 0 Å². The highest BCUT2D eigenvalue weighted by Crippen LogP contribution is 2.23. The minimum Gasteiger partial charge on any atom is -0.298 e. The lowest BCUT2D eigenvalue weighted by Gasteiger charge is -2.19. The molecular formula is C12H16O. The fourth-order valence-corrected chi connectivity index (χ4v) is 1.27. The highest BCUT2D eigenvalue weighted by Gasteiger charge is 2.13. The standard InChI is InChI=1S/C12H16O/c1-9-7-11(12(2,3)4)6-5-10(9)8-13/h5-8H,1-4H3. The molecule has 0 aliphatic carbocycles. The number of rotatable bonds is 1. The molecule has 0 saturated heterocycles. The predicted molar refractivity (Wildman–Crippen MR) is 55.3 cm³/mol. The van der Waals surface area contributed by atoms with Crippen molar-refractivity contribution in [3.63, 3.8) is 0 Å². The smallest absolute Gasteiger partial charge is 0.150 e. The van der Waals surface area contributed by atoms with Crippen LogP contribution < -0.4 is 0 Å². The molecule has 70 valence electrons. The van der Waals surface area contributed by atoms with Crippen molar-refractivity contribution in [2.75, 3.05) is 0 Å². The Kier molecular flexibility index (Phi) is 2.55. The molecule has 1 heteroatoms. The molecular weight excluding hydrogens is 160 g/mol. The number of carbonyl (C=O) groups is 1. The van der Waals surface area contributed by atoms with E-state index >= 15 is 0 Å². The van der Waals surface area contributed by atoms with Crippen molar-refractivity contribution < 1.29 is 4.79 Å². The maximum absolute atomic E-state index is 10.6. The summed E-state index contributed by atoms with van der Waals surface area (Å²) >= 11 is 0. The molecule has 0 saturated carbocycles. The van der Waals surface area contributed by atoms with E-state index in [-0.39, 0.29) is 5.41 Å². The minimum absolute atomic E-state index is 0.159. The van der Waals surface area contributed by atoms with E-state index in [9.17, 15) is 4.79 Å². The van der Waals surface area contributed by atoms with Crippen LogP contribution in [0.25, 0.3) is 0 Å². The van der Waals surface area contributed by atoms with Crippen LogP contribution >= 0.6 is 0 Å². The first-order chi connectivity index (χ1) is 5.95. The lowest BCUT2D eigenvalue weighted by Crippen LogP contribution is -2.11. The minimum atomic E-state index is 0.159. The summed E-state index contributed by atoms with van der Waals surface area (Å²) in [5.74, 6) is 0. The van der Waals surface area contributed by atoms with Gasteiger partial charge >= 0.3 is 0 Å². The summed E-state index contributed by atoms with van der Waals surface area (Å²) < 4.78 is 0. The lowest BCUT2D eigenvalue weighted by molar-refractivity contribution is 0.112. The van der Waals surface area contributed by atoms with E-state index in [2.05, 4.69) is 26.8 Å². The van der Waals surface area contributed by atoms with Crippen molar-refractivity contribution in [3.8, 4) is 0 Å². The summed E-state index contributed by atoms with van der Waals surface area (Å²) in [7, 11) is 0. The van der Waals surface area contributed by atoms with Crippen molar-refractivity contribution in [1.29, 1.82) is 0 Å². The number of hydrogen-bond acceptors (Lipinski definition) is 1. The Balaban J connectivity index is 3.17. The van der Waals surface area contributed by atoms with Gasteiger partial charge < -0.3 is 0 Å². The zero-order valence-electron chi connectivity index (χ0n) is 8.72. The zero-order valence-corrected chi connectivity index (χ0v) is 8.72. The van der Waals surface area contributed by atoms with Gasteiger partial charge in [-0.05, 0) is 23.5 Å². The number of aryl methyl sites for hydroxylation is 1. The van der Waals surface area contributed by atoms with Gasteiger partial charge in [0.2, 0.25) is 0 Å². The monoisotopic (exact) mass is 176 g/mol. The first kappa shape index (κ1) is 9.97. The second-order valence-corrected chi connectivity index (χ2v) is 4.44. The Hall–Kier alpha value is -1.11. The summed E-state index contributed by atoms with van der Waals surface area (Å²) in [6, 6.07) is 6.00. The SMILES string of the molecule is Cc1cc(C(C)(C)C)ccc1C=O. The number of benzene rings is 1. The average Bonchev–Trinajstić information content (AvgIpc) is 2.02. The molecule has 1 nitrogen and oxygen atoms in total. The normalized spacial score (nSPS) is 11.4. The quantitative estimate of drug-likeness (QED) is 0.601. The largest absolute Gasteiger partial charge is 0.298 e. The summed E-state index contributed by atoms with van der Waals surface area (Å²) in [5.41, 5.74) is 3.28. The molecule has 0 spiro atoms. The van der Waals surface area contributed by atoms with Gasteiger partial charge in [-0.15, -0.1) is 0 Å². The second kappa shape index (κ2) is 3.33. The number of carbonyl (C=O) groups excluding carboxylic acids is 1. The van der Waals surface area contributed by atoms with Gasteiger partial charge in [0.1, 0.15) is 6.29 Å². The summed E-state index contributed by atoms with van der Waals surface area (Å²) in [6.07, 6.45) is 0.905. The Morgan fingerprint density at radius 2 is 1.85 bits per heavy atom. The highest BCUT2D eigenvalue weighted by atomic mass is 16.1. The van der Waals surface area contributed by atoms with Gasteiger partial charge in [-0.1, -0.05) is 39.0 Å². The van der Waals surface area contributed by atoms with E-state index in [0.717, 1.165) is 17.4 Å². The van der Waals surface area contributed by atoms with Crippen molar-refractivity contribution in [2.24, 2.45) is 0 Å². The third kappa shape index (κ3) is 2.18. The van der Waals surface area contributed by atoms with Gasteiger partial charge in [0, 0.05) is 5.56 Å². The van der Waals surface area contributed by atoms with Gasteiger partial charge in [0.15, 0.2) is 0 Å². The molecule has 0 bridgehead atoms. The molecule has 1 rings (SSSR count). The Labute approximate surface area is 79.8 Å². The molecule has 0 aliphatic rings. The van der Waals surface area contributed by atoms with Gasteiger partial charge in [-0.2, -0.15) is 0 Å². The molecule has 0 radical (unpaired) electrons. The molecule has 13 heavy (non-hydrogen) atoms. The van der Waals surface area contributed by atoms with Gasteiger partial charge in [-0.25, -0.2) is 0 Å². The van der Waals surface area contributed by atoms with E-state index in [1.165, 1.54) is 5.56 Å². The lowest BCUT2D eigenvalue weighted by atomic mass is 9.85. The van der Waals surface area contributed by atoms with Crippen LogP contribution in [0.15, 0.2) is 18.2 Å². The third-order valence-electron chi connectivity index (χ3n) is 2.26. The molecule has 0 N–H and O–H groups in total. The topological polar surface area (TPSA) is 17.1 Å². The van der Waals surface area contributed by atoms with Crippen LogP contribution in [0, 0.1) is 6.92 Å². The van der Waals surface area contributed by atoms with Crippen LogP contribution in [0.1, 0.15) is 42.3 Å².